The summed E-state index contributed by atoms with van der Waals surface area (Å²) in [6, 6.07) is -0.208. The number of rotatable bonds is 4. The molecule has 54 valence electrons. The summed E-state index contributed by atoms with van der Waals surface area (Å²) >= 11 is 0.679. The average Bonchev–Trinajstić information content (AvgIpc) is 1.82. The lowest BCUT2D eigenvalue weighted by atomic mass is 10.2. The monoisotopic (exact) mass is 149 g/mol. The molecule has 0 amide bonds. The predicted octanol–water partition coefficient (Wildman–Crippen LogP) is 0.370. The van der Waals surface area contributed by atoms with Crippen LogP contribution in [0.25, 0.3) is 0 Å². The third-order valence-electron chi connectivity index (χ3n) is 1.08. The van der Waals surface area contributed by atoms with Gasteiger partial charge in [-0.15, -0.1) is 0 Å². The molecule has 0 rings (SSSR count). The first-order valence-electron chi connectivity index (χ1n) is 2.66. The molecule has 0 bridgehead atoms. The first kappa shape index (κ1) is 8.94. The van der Waals surface area contributed by atoms with Crippen LogP contribution in [-0.4, -0.2) is 29.2 Å². The van der Waals surface area contributed by atoms with E-state index in [4.69, 9.17) is 4.55 Å². The van der Waals surface area contributed by atoms with Crippen molar-refractivity contribution in [2.45, 2.75) is 13.0 Å². The molecule has 0 aromatic rings. The van der Waals surface area contributed by atoms with Gasteiger partial charge in [0.1, 0.15) is 5.78 Å². The van der Waals surface area contributed by atoms with Crippen LogP contribution in [0.4, 0.5) is 0 Å². The Labute approximate surface area is 59.0 Å². The quantitative estimate of drug-likeness (QED) is 0.567. The molecule has 2 N–H and O–H groups in total. The van der Waals surface area contributed by atoms with E-state index in [1.54, 1.807) is 7.05 Å². The highest BCUT2D eigenvalue weighted by molar-refractivity contribution is 7.93. The van der Waals surface area contributed by atoms with Crippen LogP contribution < -0.4 is 5.32 Å². The van der Waals surface area contributed by atoms with Crippen molar-refractivity contribution in [3.63, 3.8) is 0 Å². The Morgan fingerprint density at radius 3 is 2.56 bits per heavy atom. The smallest absolute Gasteiger partial charge is 0.147 e. The Morgan fingerprint density at radius 2 is 2.44 bits per heavy atom. The van der Waals surface area contributed by atoms with Crippen molar-refractivity contribution in [2.75, 3.05) is 12.8 Å². The molecule has 0 saturated heterocycles. The topological polar surface area (TPSA) is 49.3 Å². The summed E-state index contributed by atoms with van der Waals surface area (Å²) in [6.07, 6.45) is 0. The minimum absolute atomic E-state index is 0.0547. The maximum absolute atomic E-state index is 10.6. The zero-order valence-corrected chi connectivity index (χ0v) is 6.36. The van der Waals surface area contributed by atoms with E-state index in [2.05, 4.69) is 5.32 Å². The van der Waals surface area contributed by atoms with Crippen LogP contribution in [0.2, 0.25) is 0 Å². The van der Waals surface area contributed by atoms with Crippen LogP contribution in [0, 0.1) is 0 Å². The van der Waals surface area contributed by atoms with Gasteiger partial charge in [0.15, 0.2) is 0 Å². The molecule has 4 heteroatoms. The highest BCUT2D eigenvalue weighted by Gasteiger charge is 2.09. The number of hydrogen-bond donors (Lipinski definition) is 2. The third-order valence-corrected chi connectivity index (χ3v) is 1.56. The number of hydrogen-bond acceptors (Lipinski definition) is 4. The number of likely N-dealkylation sites (N-methyl/N-ethyl adjacent to an activating group) is 1. The molecule has 3 nitrogen and oxygen atoms in total. The molecule has 0 saturated carbocycles. The minimum atomic E-state index is -0.208. The van der Waals surface area contributed by atoms with Crippen molar-refractivity contribution in [3.8, 4) is 0 Å². The first-order valence-corrected chi connectivity index (χ1v) is 3.60. The lowest BCUT2D eigenvalue weighted by Crippen LogP contribution is -2.34. The molecule has 0 radical (unpaired) electrons. The van der Waals surface area contributed by atoms with Gasteiger partial charge in [-0.1, -0.05) is 0 Å². The molecule has 0 unspecified atom stereocenters. The van der Waals surface area contributed by atoms with Crippen molar-refractivity contribution in [1.82, 2.24) is 5.32 Å². The minimum Gasteiger partial charge on any atom is -0.330 e. The molecule has 0 aliphatic carbocycles. The lowest BCUT2D eigenvalue weighted by molar-refractivity contribution is -0.118. The van der Waals surface area contributed by atoms with Crippen molar-refractivity contribution in [1.29, 1.82) is 0 Å². The fourth-order valence-corrected chi connectivity index (χ4v) is 1.03. The molecule has 0 heterocycles. The summed E-state index contributed by atoms with van der Waals surface area (Å²) in [5, 5.41) is 2.77. The van der Waals surface area contributed by atoms with Crippen molar-refractivity contribution in [2.24, 2.45) is 0 Å². The molecule has 0 spiro atoms. The molecule has 0 aliphatic heterocycles. The highest BCUT2D eigenvalue weighted by Crippen LogP contribution is 1.96. The standard InChI is InChI=1S/C5H11NO2S/c1-4(7)5(6-2)3-9-8/h5-6,8H,3H2,1-2H3/t5-/m0/s1. The van der Waals surface area contributed by atoms with Crippen molar-refractivity contribution < 1.29 is 9.35 Å². The maximum atomic E-state index is 10.6. The molecule has 1 atom stereocenters. The Bertz CT molecular complexity index is 97.0. The molecule has 0 fully saturated rings. The summed E-state index contributed by atoms with van der Waals surface area (Å²) < 4.78 is 8.34. The van der Waals surface area contributed by atoms with Gasteiger partial charge in [-0.2, -0.15) is 0 Å². The van der Waals surface area contributed by atoms with Gasteiger partial charge < -0.3 is 9.87 Å². The molecule has 0 aromatic heterocycles. The first-order chi connectivity index (χ1) is 4.22. The van der Waals surface area contributed by atoms with E-state index in [0.717, 1.165) is 0 Å². The second-order valence-corrected chi connectivity index (χ2v) is 2.34. The van der Waals surface area contributed by atoms with E-state index in [9.17, 15) is 4.79 Å². The van der Waals surface area contributed by atoms with E-state index >= 15 is 0 Å². The Hall–Kier alpha value is -0.0600. The maximum Gasteiger partial charge on any atom is 0.147 e. The normalized spacial score (nSPS) is 13.2. The lowest BCUT2D eigenvalue weighted by Gasteiger charge is -2.08. The zero-order chi connectivity index (χ0) is 7.28. The fraction of sp³-hybridized carbons (Fsp3) is 0.800. The summed E-state index contributed by atoms with van der Waals surface area (Å²) in [7, 11) is 1.70. The van der Waals surface area contributed by atoms with Gasteiger partial charge in [0.05, 0.1) is 6.04 Å². The Kier molecular flexibility index (Phi) is 4.75. The summed E-state index contributed by atoms with van der Waals surface area (Å²) in [4.78, 5) is 10.6. The summed E-state index contributed by atoms with van der Waals surface area (Å²) in [6.45, 7) is 1.50. The van der Waals surface area contributed by atoms with Gasteiger partial charge in [-0.3, -0.25) is 4.79 Å². The Morgan fingerprint density at radius 1 is 1.89 bits per heavy atom. The molecule has 9 heavy (non-hydrogen) atoms. The molecular formula is C5H11NO2S. The van der Waals surface area contributed by atoms with Crippen molar-refractivity contribution >= 4 is 17.8 Å². The molecule has 0 aliphatic rings. The Balaban J connectivity index is 3.54. The van der Waals surface area contributed by atoms with Gasteiger partial charge in [0.25, 0.3) is 0 Å². The second kappa shape index (κ2) is 4.78. The number of Topliss-reactive ketones (excluding diaryl/α,β-unsaturated/α-hetero) is 1. The van der Waals surface area contributed by atoms with E-state index < -0.39 is 0 Å². The van der Waals surface area contributed by atoms with E-state index in [1.807, 2.05) is 0 Å². The van der Waals surface area contributed by atoms with Gasteiger partial charge in [-0.25, -0.2) is 0 Å². The average molecular weight is 149 g/mol. The van der Waals surface area contributed by atoms with Crippen LogP contribution >= 0.6 is 12.0 Å². The number of ketones is 1. The highest BCUT2D eigenvalue weighted by atomic mass is 32.2. The van der Waals surface area contributed by atoms with Gasteiger partial charge in [0, 0.05) is 5.75 Å². The van der Waals surface area contributed by atoms with Gasteiger partial charge in [0.2, 0.25) is 0 Å². The predicted molar refractivity (Wildman–Crippen MR) is 38.6 cm³/mol. The second-order valence-electron chi connectivity index (χ2n) is 1.75. The van der Waals surface area contributed by atoms with Crippen molar-refractivity contribution in [3.05, 3.63) is 0 Å². The van der Waals surface area contributed by atoms with Gasteiger partial charge >= 0.3 is 0 Å². The van der Waals surface area contributed by atoms with Crippen LogP contribution in [0.1, 0.15) is 6.92 Å². The largest absolute Gasteiger partial charge is 0.330 e. The number of nitrogens with one attached hydrogen (secondary N) is 1. The van der Waals surface area contributed by atoms with Gasteiger partial charge in [-0.05, 0) is 26.0 Å². The van der Waals surface area contributed by atoms with E-state index in [-0.39, 0.29) is 11.8 Å². The molecular weight excluding hydrogens is 138 g/mol. The van der Waals surface area contributed by atoms with E-state index in [0.29, 0.717) is 17.8 Å². The van der Waals surface area contributed by atoms with Crippen LogP contribution in [-0.2, 0) is 4.79 Å². The van der Waals surface area contributed by atoms with Crippen LogP contribution in [0.15, 0.2) is 0 Å². The summed E-state index contributed by atoms with van der Waals surface area (Å²) in [5.74, 6) is 0.477. The van der Waals surface area contributed by atoms with Crippen LogP contribution in [0.5, 0.6) is 0 Å². The third kappa shape index (κ3) is 3.51. The fourth-order valence-electron chi connectivity index (χ4n) is 0.478. The zero-order valence-electron chi connectivity index (χ0n) is 5.55. The number of carbonyl (C=O) groups is 1. The van der Waals surface area contributed by atoms with E-state index in [1.165, 1.54) is 6.92 Å². The SMILES string of the molecule is CN[C@@H](CSO)C(C)=O. The number of carbonyl (C=O) groups excluding carboxylic acids is 1. The van der Waals surface area contributed by atoms with Crippen LogP contribution in [0.3, 0.4) is 0 Å². The summed E-state index contributed by atoms with van der Waals surface area (Å²) in [5.41, 5.74) is 0. The molecule has 0 aromatic carbocycles.